The van der Waals surface area contributed by atoms with E-state index in [-0.39, 0.29) is 6.42 Å². The van der Waals surface area contributed by atoms with Crippen LogP contribution < -0.4 is 5.32 Å². The Bertz CT molecular complexity index is 724. The van der Waals surface area contributed by atoms with Crippen LogP contribution in [-0.4, -0.2) is 38.8 Å². The lowest BCUT2D eigenvalue weighted by Crippen LogP contribution is -2.44. The van der Waals surface area contributed by atoms with Crippen LogP contribution in [0.2, 0.25) is 0 Å². The fourth-order valence-corrected chi connectivity index (χ4v) is 2.08. The van der Waals surface area contributed by atoms with Crippen LogP contribution in [0, 0.1) is 0 Å². The highest BCUT2D eigenvalue weighted by atomic mass is 16.6. The molecule has 1 amide bonds. The molecule has 132 valence electrons. The van der Waals surface area contributed by atoms with Crippen molar-refractivity contribution in [1.82, 2.24) is 15.3 Å². The van der Waals surface area contributed by atoms with Crippen LogP contribution in [0.5, 0.6) is 0 Å². The van der Waals surface area contributed by atoms with Gasteiger partial charge < -0.3 is 15.2 Å². The third-order valence-corrected chi connectivity index (χ3v) is 3.17. The maximum Gasteiger partial charge on any atom is 0.408 e. The molecule has 1 aromatic carbocycles. The number of alkyl carbamates (subject to hydrolysis) is 1. The summed E-state index contributed by atoms with van der Waals surface area (Å²) in [5.74, 6) is -0.602. The van der Waals surface area contributed by atoms with E-state index in [0.29, 0.717) is 11.4 Å². The first-order valence-electron chi connectivity index (χ1n) is 7.83. The van der Waals surface area contributed by atoms with E-state index in [1.54, 1.807) is 33.2 Å². The first kappa shape index (κ1) is 18.4. The van der Waals surface area contributed by atoms with Crippen LogP contribution in [0.4, 0.5) is 4.79 Å². The molecule has 2 N–H and O–H groups in total. The van der Waals surface area contributed by atoms with E-state index in [4.69, 9.17) is 4.74 Å². The molecule has 1 atom stereocenters. The van der Waals surface area contributed by atoms with E-state index >= 15 is 0 Å². The predicted molar refractivity (Wildman–Crippen MR) is 92.0 cm³/mol. The van der Waals surface area contributed by atoms with Gasteiger partial charge in [-0.3, -0.25) is 0 Å². The Morgan fingerprint density at radius 1 is 1.16 bits per heavy atom. The van der Waals surface area contributed by atoms with Crippen LogP contribution in [0.1, 0.15) is 26.3 Å². The quantitative estimate of drug-likeness (QED) is 0.865. The van der Waals surface area contributed by atoms with E-state index in [9.17, 15) is 14.7 Å². The molecule has 0 radical (unpaired) electrons. The molecule has 25 heavy (non-hydrogen) atoms. The highest BCUT2D eigenvalue weighted by Crippen LogP contribution is 2.14. The van der Waals surface area contributed by atoms with Crippen molar-refractivity contribution in [2.75, 3.05) is 0 Å². The van der Waals surface area contributed by atoms with Gasteiger partial charge in [0, 0.05) is 24.4 Å². The Hall–Kier alpha value is -2.96. The van der Waals surface area contributed by atoms with Gasteiger partial charge in [0.1, 0.15) is 11.6 Å². The molecule has 0 spiro atoms. The van der Waals surface area contributed by atoms with Crippen LogP contribution in [0.3, 0.4) is 0 Å². The van der Waals surface area contributed by atoms with Crippen LogP contribution >= 0.6 is 0 Å². The number of nitrogens with one attached hydrogen (secondary N) is 1. The van der Waals surface area contributed by atoms with Crippen LogP contribution in [0.15, 0.2) is 42.7 Å². The van der Waals surface area contributed by atoms with E-state index in [1.807, 2.05) is 30.3 Å². The van der Waals surface area contributed by atoms with E-state index in [0.717, 1.165) is 5.56 Å². The number of carbonyl (C=O) groups is 2. The zero-order valence-corrected chi connectivity index (χ0v) is 14.4. The van der Waals surface area contributed by atoms with E-state index in [1.165, 1.54) is 0 Å². The zero-order valence-electron chi connectivity index (χ0n) is 14.4. The maximum atomic E-state index is 11.8. The van der Waals surface area contributed by atoms with Crippen molar-refractivity contribution in [2.24, 2.45) is 0 Å². The summed E-state index contributed by atoms with van der Waals surface area (Å²) in [6.07, 6.45) is 2.40. The molecule has 0 aliphatic heterocycles. The number of carbonyl (C=O) groups excluding carboxylic acids is 1. The topological polar surface area (TPSA) is 101 Å². The number of hydrogen-bond donors (Lipinski definition) is 2. The third kappa shape index (κ3) is 5.87. The lowest BCUT2D eigenvalue weighted by atomic mass is 10.1. The minimum Gasteiger partial charge on any atom is -0.480 e. The molecule has 0 bridgehead atoms. The lowest BCUT2D eigenvalue weighted by molar-refractivity contribution is -0.139. The van der Waals surface area contributed by atoms with Crippen molar-refractivity contribution < 1.29 is 19.4 Å². The largest absolute Gasteiger partial charge is 0.480 e. The molecule has 2 rings (SSSR count). The smallest absolute Gasteiger partial charge is 0.408 e. The summed E-state index contributed by atoms with van der Waals surface area (Å²) >= 11 is 0. The second kappa shape index (κ2) is 7.74. The standard InChI is InChI=1S/C18H21N3O4/c1-18(2,3)25-17(24)21-14(16(22)23)9-12-10-19-15(20-11-12)13-7-5-4-6-8-13/h4-8,10-11,14H,9H2,1-3H3,(H,21,24)(H,22,23). The zero-order chi connectivity index (χ0) is 18.4. The number of benzene rings is 1. The summed E-state index contributed by atoms with van der Waals surface area (Å²) in [5, 5.41) is 11.7. The van der Waals surface area contributed by atoms with Crippen LogP contribution in [-0.2, 0) is 16.0 Å². The minimum atomic E-state index is -1.15. The summed E-state index contributed by atoms with van der Waals surface area (Å²) in [4.78, 5) is 31.7. The molecule has 0 aliphatic carbocycles. The number of carboxylic acids is 1. The number of amides is 1. The van der Waals surface area contributed by atoms with Crippen LogP contribution in [0.25, 0.3) is 11.4 Å². The number of rotatable bonds is 5. The Labute approximate surface area is 146 Å². The SMILES string of the molecule is CC(C)(C)OC(=O)NC(Cc1cnc(-c2ccccc2)nc1)C(=O)O. The Kier molecular flexibility index (Phi) is 5.69. The molecule has 0 fully saturated rings. The number of aliphatic carboxylic acids is 1. The van der Waals surface area contributed by atoms with Gasteiger partial charge in [0.25, 0.3) is 0 Å². The fourth-order valence-electron chi connectivity index (χ4n) is 2.08. The number of nitrogens with zero attached hydrogens (tertiary/aromatic N) is 2. The van der Waals surface area contributed by atoms with Gasteiger partial charge in [0.05, 0.1) is 0 Å². The van der Waals surface area contributed by atoms with Gasteiger partial charge in [-0.15, -0.1) is 0 Å². The molecule has 0 saturated carbocycles. The van der Waals surface area contributed by atoms with Gasteiger partial charge in [0.15, 0.2) is 5.82 Å². The maximum absolute atomic E-state index is 11.8. The Balaban J connectivity index is 2.04. The fraction of sp³-hybridized carbons (Fsp3) is 0.333. The van der Waals surface area contributed by atoms with Gasteiger partial charge >= 0.3 is 12.1 Å². The molecule has 0 aliphatic rings. The van der Waals surface area contributed by atoms with Crippen molar-refractivity contribution in [2.45, 2.75) is 38.8 Å². The number of aromatic nitrogens is 2. The first-order chi connectivity index (χ1) is 11.7. The third-order valence-electron chi connectivity index (χ3n) is 3.17. The van der Waals surface area contributed by atoms with Crippen molar-refractivity contribution in [3.8, 4) is 11.4 Å². The highest BCUT2D eigenvalue weighted by Gasteiger charge is 2.24. The van der Waals surface area contributed by atoms with Gasteiger partial charge in [-0.05, 0) is 26.3 Å². The normalized spacial score (nSPS) is 12.3. The molecule has 1 unspecified atom stereocenters. The van der Waals surface area contributed by atoms with Gasteiger partial charge in [-0.1, -0.05) is 30.3 Å². The lowest BCUT2D eigenvalue weighted by Gasteiger charge is -2.22. The van der Waals surface area contributed by atoms with E-state index < -0.39 is 23.7 Å². The van der Waals surface area contributed by atoms with Gasteiger partial charge in [0.2, 0.25) is 0 Å². The van der Waals surface area contributed by atoms with Crippen molar-refractivity contribution in [3.05, 3.63) is 48.3 Å². The predicted octanol–water partition coefficient (Wildman–Crippen LogP) is 2.66. The molecule has 1 aromatic heterocycles. The summed E-state index contributed by atoms with van der Waals surface area (Å²) in [6.45, 7) is 5.12. The molecule has 1 heterocycles. The molecule has 7 nitrogen and oxygen atoms in total. The second-order valence-corrected chi connectivity index (χ2v) is 6.52. The highest BCUT2D eigenvalue weighted by molar-refractivity contribution is 5.80. The average molecular weight is 343 g/mol. The first-order valence-corrected chi connectivity index (χ1v) is 7.83. The van der Waals surface area contributed by atoms with Crippen molar-refractivity contribution in [3.63, 3.8) is 0 Å². The summed E-state index contributed by atoms with van der Waals surface area (Å²) < 4.78 is 5.09. The average Bonchev–Trinajstić information content (AvgIpc) is 2.54. The van der Waals surface area contributed by atoms with E-state index in [2.05, 4.69) is 15.3 Å². The monoisotopic (exact) mass is 343 g/mol. The summed E-state index contributed by atoms with van der Waals surface area (Å²) in [5.41, 5.74) is 0.770. The van der Waals surface area contributed by atoms with Gasteiger partial charge in [-0.2, -0.15) is 0 Å². The van der Waals surface area contributed by atoms with Crippen molar-refractivity contribution >= 4 is 12.1 Å². The Morgan fingerprint density at radius 3 is 2.28 bits per heavy atom. The molecule has 2 aromatic rings. The summed E-state index contributed by atoms with van der Waals surface area (Å²) in [6, 6.07) is 8.33. The molecule has 7 heteroatoms. The summed E-state index contributed by atoms with van der Waals surface area (Å²) in [7, 11) is 0. The number of hydrogen-bond acceptors (Lipinski definition) is 5. The molecular formula is C18H21N3O4. The molecule has 0 saturated heterocycles. The minimum absolute atomic E-state index is 0.0592. The molecular weight excluding hydrogens is 322 g/mol. The Morgan fingerprint density at radius 2 is 1.76 bits per heavy atom. The van der Waals surface area contributed by atoms with Crippen molar-refractivity contribution in [1.29, 1.82) is 0 Å². The number of carboxylic acid groups (broad SMARTS) is 1. The van der Waals surface area contributed by atoms with Gasteiger partial charge in [-0.25, -0.2) is 19.6 Å². The number of ether oxygens (including phenoxy) is 1. The second-order valence-electron chi connectivity index (χ2n) is 6.52.